The Balaban J connectivity index is 1.91. The van der Waals surface area contributed by atoms with Crippen molar-refractivity contribution in [3.63, 3.8) is 0 Å². The molecule has 1 fully saturated rings. The van der Waals surface area contributed by atoms with E-state index in [1.54, 1.807) is 6.07 Å². The van der Waals surface area contributed by atoms with Gasteiger partial charge in [0, 0.05) is 24.8 Å². The number of aromatic nitrogens is 2. The highest BCUT2D eigenvalue weighted by Gasteiger charge is 2.19. The molecule has 1 aliphatic rings. The predicted octanol–water partition coefficient (Wildman–Crippen LogP) is 0.939. The van der Waals surface area contributed by atoms with Crippen LogP contribution in [0, 0.1) is 6.92 Å². The first-order chi connectivity index (χ1) is 9.17. The molecule has 2 heterocycles. The van der Waals surface area contributed by atoms with E-state index in [-0.39, 0.29) is 12.2 Å². The molecule has 0 bridgehead atoms. The number of rotatable bonds is 5. The van der Waals surface area contributed by atoms with Crippen LogP contribution in [0.1, 0.15) is 19.5 Å². The van der Waals surface area contributed by atoms with Crippen LogP contribution in [0.2, 0.25) is 0 Å². The van der Waals surface area contributed by atoms with Crippen LogP contribution in [-0.2, 0) is 4.74 Å². The molecule has 6 heteroatoms. The normalized spacial score (nSPS) is 23.1. The molecule has 106 valence electrons. The quantitative estimate of drug-likeness (QED) is 0.856. The molecule has 19 heavy (non-hydrogen) atoms. The maximum Gasteiger partial charge on any atom is 0.320 e. The van der Waals surface area contributed by atoms with Crippen molar-refractivity contribution in [3.05, 3.63) is 11.8 Å². The SMILES string of the molecule is CCOc1cc(C)nc(OCC2CNCC(C)O2)n1. The van der Waals surface area contributed by atoms with Gasteiger partial charge in [0.15, 0.2) is 0 Å². The summed E-state index contributed by atoms with van der Waals surface area (Å²) in [7, 11) is 0. The van der Waals surface area contributed by atoms with Crippen LogP contribution in [-0.4, -0.2) is 48.5 Å². The Hall–Kier alpha value is -1.40. The summed E-state index contributed by atoms with van der Waals surface area (Å²) >= 11 is 0. The van der Waals surface area contributed by atoms with E-state index in [1.807, 2.05) is 20.8 Å². The molecule has 1 N–H and O–H groups in total. The number of hydrogen-bond acceptors (Lipinski definition) is 6. The van der Waals surface area contributed by atoms with E-state index in [0.717, 1.165) is 18.8 Å². The lowest BCUT2D eigenvalue weighted by Gasteiger charge is -2.28. The van der Waals surface area contributed by atoms with Crippen LogP contribution in [0.5, 0.6) is 11.9 Å². The van der Waals surface area contributed by atoms with Crippen molar-refractivity contribution in [2.75, 3.05) is 26.3 Å². The Kier molecular flexibility index (Phi) is 4.93. The van der Waals surface area contributed by atoms with Crippen LogP contribution in [0.25, 0.3) is 0 Å². The number of ether oxygens (including phenoxy) is 3. The Bertz CT molecular complexity index is 414. The summed E-state index contributed by atoms with van der Waals surface area (Å²) in [5, 5.41) is 3.29. The topological polar surface area (TPSA) is 65.5 Å². The van der Waals surface area contributed by atoms with Crippen LogP contribution >= 0.6 is 0 Å². The van der Waals surface area contributed by atoms with Crippen LogP contribution in [0.4, 0.5) is 0 Å². The van der Waals surface area contributed by atoms with Gasteiger partial charge >= 0.3 is 6.01 Å². The number of nitrogens with one attached hydrogen (secondary N) is 1. The fraction of sp³-hybridized carbons (Fsp3) is 0.692. The summed E-state index contributed by atoms with van der Waals surface area (Å²) in [6.07, 6.45) is 0.239. The molecule has 0 aromatic carbocycles. The van der Waals surface area contributed by atoms with E-state index in [2.05, 4.69) is 15.3 Å². The van der Waals surface area contributed by atoms with Gasteiger partial charge in [-0.15, -0.1) is 0 Å². The van der Waals surface area contributed by atoms with Crippen molar-refractivity contribution < 1.29 is 14.2 Å². The van der Waals surface area contributed by atoms with Gasteiger partial charge in [-0.25, -0.2) is 4.98 Å². The molecule has 1 aromatic heterocycles. The minimum absolute atomic E-state index is 0.0309. The largest absolute Gasteiger partial charge is 0.478 e. The van der Waals surface area contributed by atoms with Crippen LogP contribution in [0.15, 0.2) is 6.07 Å². The third kappa shape index (κ3) is 4.33. The molecule has 1 saturated heterocycles. The summed E-state index contributed by atoms with van der Waals surface area (Å²) in [4.78, 5) is 8.43. The van der Waals surface area contributed by atoms with Crippen molar-refractivity contribution in [2.24, 2.45) is 0 Å². The third-order valence-electron chi connectivity index (χ3n) is 2.73. The molecule has 2 atom stereocenters. The lowest BCUT2D eigenvalue weighted by Crippen LogP contribution is -2.45. The Labute approximate surface area is 113 Å². The van der Waals surface area contributed by atoms with E-state index >= 15 is 0 Å². The zero-order valence-electron chi connectivity index (χ0n) is 11.7. The second-order valence-electron chi connectivity index (χ2n) is 4.60. The molecule has 2 rings (SSSR count). The predicted molar refractivity (Wildman–Crippen MR) is 70.6 cm³/mol. The highest BCUT2D eigenvalue weighted by molar-refractivity contribution is 5.17. The van der Waals surface area contributed by atoms with Gasteiger partial charge < -0.3 is 19.5 Å². The summed E-state index contributed by atoms with van der Waals surface area (Å²) in [6, 6.07) is 2.13. The second-order valence-corrected chi connectivity index (χ2v) is 4.60. The Morgan fingerprint density at radius 2 is 2.21 bits per heavy atom. The van der Waals surface area contributed by atoms with Crippen molar-refractivity contribution in [3.8, 4) is 11.9 Å². The second kappa shape index (κ2) is 6.68. The van der Waals surface area contributed by atoms with Gasteiger partial charge in [0.25, 0.3) is 0 Å². The molecule has 0 amide bonds. The molecular weight excluding hydrogens is 246 g/mol. The van der Waals surface area contributed by atoms with E-state index in [4.69, 9.17) is 14.2 Å². The van der Waals surface area contributed by atoms with Gasteiger partial charge in [0.1, 0.15) is 12.7 Å². The maximum absolute atomic E-state index is 5.74. The summed E-state index contributed by atoms with van der Waals surface area (Å²) in [6.45, 7) is 8.52. The zero-order chi connectivity index (χ0) is 13.7. The maximum atomic E-state index is 5.74. The molecule has 1 aromatic rings. The molecular formula is C13H21N3O3. The van der Waals surface area contributed by atoms with Crippen molar-refractivity contribution in [2.45, 2.75) is 33.0 Å². The van der Waals surface area contributed by atoms with Crippen LogP contribution in [0.3, 0.4) is 0 Å². The summed E-state index contributed by atoms with van der Waals surface area (Å²) in [5.74, 6) is 0.543. The smallest absolute Gasteiger partial charge is 0.320 e. The third-order valence-corrected chi connectivity index (χ3v) is 2.73. The fourth-order valence-corrected chi connectivity index (χ4v) is 1.94. The highest BCUT2D eigenvalue weighted by Crippen LogP contribution is 2.14. The standard InChI is InChI=1S/C13H21N3O3/c1-4-17-12-5-9(2)15-13(16-12)18-8-11-7-14-6-10(3)19-11/h5,10-11,14H,4,6-8H2,1-3H3. The minimum atomic E-state index is 0.0309. The average molecular weight is 267 g/mol. The Morgan fingerprint density at radius 1 is 1.37 bits per heavy atom. The highest BCUT2D eigenvalue weighted by atomic mass is 16.5. The fourth-order valence-electron chi connectivity index (χ4n) is 1.94. The van der Waals surface area contributed by atoms with Gasteiger partial charge in [-0.3, -0.25) is 0 Å². The van der Waals surface area contributed by atoms with Gasteiger partial charge in [-0.2, -0.15) is 4.98 Å². The van der Waals surface area contributed by atoms with Crippen LogP contribution < -0.4 is 14.8 Å². The van der Waals surface area contributed by atoms with Crippen molar-refractivity contribution >= 4 is 0 Å². The first-order valence-corrected chi connectivity index (χ1v) is 6.65. The Morgan fingerprint density at radius 3 is 2.95 bits per heavy atom. The number of morpholine rings is 1. The van der Waals surface area contributed by atoms with Gasteiger partial charge in [-0.1, -0.05) is 0 Å². The first kappa shape index (κ1) is 14.0. The summed E-state index contributed by atoms with van der Waals surface area (Å²) < 4.78 is 16.7. The minimum Gasteiger partial charge on any atom is -0.478 e. The molecule has 1 aliphatic heterocycles. The molecule has 0 spiro atoms. The van der Waals surface area contributed by atoms with E-state index in [9.17, 15) is 0 Å². The molecule has 0 saturated carbocycles. The summed E-state index contributed by atoms with van der Waals surface area (Å²) in [5.41, 5.74) is 0.824. The molecule has 0 radical (unpaired) electrons. The van der Waals surface area contributed by atoms with Gasteiger partial charge in [0.05, 0.1) is 12.7 Å². The first-order valence-electron chi connectivity index (χ1n) is 6.65. The number of aryl methyl sites for hydroxylation is 1. The lowest BCUT2D eigenvalue weighted by molar-refractivity contribution is -0.0484. The van der Waals surface area contributed by atoms with Gasteiger partial charge in [-0.05, 0) is 20.8 Å². The molecule has 0 aliphatic carbocycles. The number of nitrogens with zero attached hydrogens (tertiary/aromatic N) is 2. The van der Waals surface area contributed by atoms with Crippen molar-refractivity contribution in [1.82, 2.24) is 15.3 Å². The van der Waals surface area contributed by atoms with Gasteiger partial charge in [0.2, 0.25) is 5.88 Å². The monoisotopic (exact) mass is 267 g/mol. The average Bonchev–Trinajstić information content (AvgIpc) is 2.36. The van der Waals surface area contributed by atoms with Crippen molar-refractivity contribution in [1.29, 1.82) is 0 Å². The van der Waals surface area contributed by atoms with E-state index in [1.165, 1.54) is 0 Å². The van der Waals surface area contributed by atoms with E-state index in [0.29, 0.717) is 25.1 Å². The van der Waals surface area contributed by atoms with E-state index < -0.39 is 0 Å². The molecule has 6 nitrogen and oxygen atoms in total. The number of hydrogen-bond donors (Lipinski definition) is 1. The molecule has 2 unspecified atom stereocenters. The lowest BCUT2D eigenvalue weighted by atomic mass is 10.2. The zero-order valence-corrected chi connectivity index (χ0v) is 11.7.